The summed E-state index contributed by atoms with van der Waals surface area (Å²) in [5.41, 5.74) is -3.23. The minimum Gasteiger partial charge on any atom is -0.492 e. The van der Waals surface area contributed by atoms with Crippen LogP contribution in [0.25, 0.3) is 0 Å². The van der Waals surface area contributed by atoms with Gasteiger partial charge < -0.3 is 78.5 Å². The summed E-state index contributed by atoms with van der Waals surface area (Å²) in [6, 6.07) is 5.48. The van der Waals surface area contributed by atoms with Crippen LogP contribution in [0.3, 0.4) is 0 Å². The minimum absolute atomic E-state index is 0.0838. The van der Waals surface area contributed by atoms with E-state index >= 15 is 0 Å². The highest BCUT2D eigenvalue weighted by Crippen LogP contribution is 2.41. The molecule has 0 unspecified atom stereocenters. The number of benzene rings is 1. The fourth-order valence-corrected chi connectivity index (χ4v) is 11.5. The summed E-state index contributed by atoms with van der Waals surface area (Å²) in [5, 5.41) is 71.6. The Morgan fingerprint density at radius 2 is 1.67 bits per heavy atom. The zero-order valence-electron chi connectivity index (χ0n) is 47.3. The number of nitrogens with one attached hydrogen (secondary N) is 1. The van der Waals surface area contributed by atoms with Crippen LogP contribution in [0.5, 0.6) is 5.75 Å². The Morgan fingerprint density at radius 1 is 0.987 bits per heavy atom. The monoisotopic (exact) mass is 1070 g/mol. The molecule has 5 rings (SSSR count). The molecule has 0 spiro atoms. The highest BCUT2D eigenvalue weighted by molar-refractivity contribution is 5.73. The van der Waals surface area contributed by atoms with Crippen LogP contribution in [-0.2, 0) is 44.4 Å². The van der Waals surface area contributed by atoms with Gasteiger partial charge in [-0.25, -0.2) is 9.07 Å². The number of methoxy groups -OCH3 is 2. The lowest BCUT2D eigenvalue weighted by Crippen LogP contribution is -2.61. The van der Waals surface area contributed by atoms with E-state index in [1.54, 1.807) is 54.7 Å². The minimum atomic E-state index is -1.85. The molecule has 20 nitrogen and oxygen atoms in total. The number of carbonyl (C=O) groups excluding carboxylic acids is 1. The van der Waals surface area contributed by atoms with E-state index in [2.05, 4.69) is 15.6 Å². The number of rotatable bonds is 19. The van der Waals surface area contributed by atoms with Gasteiger partial charge in [0.25, 0.3) is 0 Å². The normalized spacial score (nSPS) is 38.9. The lowest BCUT2D eigenvalue weighted by atomic mass is 9.77. The number of hydrogen-bond donors (Lipinski definition) is 6. The number of alkyl halides is 1. The van der Waals surface area contributed by atoms with Crippen LogP contribution in [0.4, 0.5) is 4.39 Å². The van der Waals surface area contributed by atoms with Crippen molar-refractivity contribution in [1.82, 2.24) is 30.1 Å². The molecule has 0 bridgehead atoms. The van der Waals surface area contributed by atoms with Crippen LogP contribution >= 0.6 is 0 Å². The second-order valence-corrected chi connectivity index (χ2v) is 22.5. The van der Waals surface area contributed by atoms with Crippen LogP contribution in [0.15, 0.2) is 30.5 Å². The van der Waals surface area contributed by atoms with Crippen molar-refractivity contribution in [2.24, 2.45) is 17.8 Å². The van der Waals surface area contributed by atoms with Gasteiger partial charge in [-0.05, 0) is 112 Å². The molecule has 1 aromatic carbocycles. The van der Waals surface area contributed by atoms with Crippen molar-refractivity contribution in [1.29, 1.82) is 0 Å². The Balaban J connectivity index is 1.42. The van der Waals surface area contributed by atoms with E-state index < -0.39 is 127 Å². The van der Waals surface area contributed by atoms with Crippen LogP contribution in [0.1, 0.15) is 118 Å². The standard InChI is InChI=1S/C54H93FN6O14/c1-16-42-54(10,67)47(63)35(6)60(13)29-31(2)26-52(8,66)49(33(4)45(34(5)50(65)73-42)74-43-27-53(9,69-15)48(64)36(7)72-43)75-51-44(62)40(25-32(3)71-51)59(12)23-21-38-30-61(58-57-38)41(28-55)46(68-14)37-17-19-39(20-18-37)70-24-22-56-11/h17-20,30-36,40-49,51,56,62-64,66-67H,16,21-29H2,1-15H3/t31-,32-,33+,34-,35-,36+,40+,41-,42-,43+,44-,45+,46-,47-,48+,49-,51+,52-,53-,54-/m1/s1. The molecule has 21 heteroatoms. The molecule has 6 N–H and O–H groups in total. The molecule has 430 valence electrons. The summed E-state index contributed by atoms with van der Waals surface area (Å²) in [6.45, 7) is 18.7. The summed E-state index contributed by atoms with van der Waals surface area (Å²) in [4.78, 5) is 18.4. The fourth-order valence-electron chi connectivity index (χ4n) is 11.5. The molecule has 2 aromatic rings. The summed E-state index contributed by atoms with van der Waals surface area (Å²) >= 11 is 0. The average Bonchev–Trinajstić information content (AvgIpc) is 3.84. The molecule has 20 atom stereocenters. The molecule has 3 saturated heterocycles. The van der Waals surface area contributed by atoms with Gasteiger partial charge in [0.05, 0.1) is 47.2 Å². The number of hydrogen-bond acceptors (Lipinski definition) is 19. The van der Waals surface area contributed by atoms with Gasteiger partial charge in [0.2, 0.25) is 0 Å². The van der Waals surface area contributed by atoms with Crippen molar-refractivity contribution in [3.8, 4) is 5.75 Å². The molecule has 0 saturated carbocycles. The number of halogens is 1. The Kier molecular flexibility index (Phi) is 22.8. The molecular weight excluding hydrogens is 976 g/mol. The van der Waals surface area contributed by atoms with Crippen molar-refractivity contribution in [2.45, 2.75) is 204 Å². The first kappa shape index (κ1) is 62.8. The Hall–Kier alpha value is -3.00. The number of aromatic nitrogens is 3. The van der Waals surface area contributed by atoms with Gasteiger partial charge in [0.15, 0.2) is 12.6 Å². The predicted octanol–water partition coefficient (Wildman–Crippen LogP) is 3.60. The zero-order valence-corrected chi connectivity index (χ0v) is 47.3. The highest BCUT2D eigenvalue weighted by Gasteiger charge is 2.53. The second-order valence-electron chi connectivity index (χ2n) is 22.5. The van der Waals surface area contributed by atoms with Crippen LogP contribution in [0.2, 0.25) is 0 Å². The Bertz CT molecular complexity index is 2040. The van der Waals surface area contributed by atoms with Crippen LogP contribution in [0, 0.1) is 17.8 Å². The first-order valence-electron chi connectivity index (χ1n) is 26.9. The molecule has 3 aliphatic heterocycles. The Labute approximate surface area is 444 Å². The van der Waals surface area contributed by atoms with Gasteiger partial charge >= 0.3 is 5.97 Å². The smallest absolute Gasteiger partial charge is 0.311 e. The largest absolute Gasteiger partial charge is 0.492 e. The molecule has 0 aliphatic carbocycles. The maximum atomic E-state index is 14.8. The third-order valence-electron chi connectivity index (χ3n) is 16.3. The van der Waals surface area contributed by atoms with Crippen LogP contribution in [-0.4, -0.2) is 215 Å². The number of likely N-dealkylation sites (N-methyl/N-ethyl adjacent to an activating group) is 3. The molecule has 4 heterocycles. The van der Waals surface area contributed by atoms with E-state index in [4.69, 9.17) is 37.9 Å². The van der Waals surface area contributed by atoms with Crippen molar-refractivity contribution in [3.05, 3.63) is 41.7 Å². The van der Waals surface area contributed by atoms with Gasteiger partial charge in [-0.1, -0.05) is 38.1 Å². The van der Waals surface area contributed by atoms with Crippen molar-refractivity contribution in [2.75, 3.05) is 68.3 Å². The first-order chi connectivity index (χ1) is 35.3. The number of esters is 1. The van der Waals surface area contributed by atoms with E-state index in [0.29, 0.717) is 50.5 Å². The third-order valence-corrected chi connectivity index (χ3v) is 16.3. The van der Waals surface area contributed by atoms with Crippen LogP contribution < -0.4 is 10.1 Å². The lowest BCUT2D eigenvalue weighted by Gasteiger charge is -2.49. The maximum absolute atomic E-state index is 14.8. The molecule has 3 fully saturated rings. The molecule has 75 heavy (non-hydrogen) atoms. The van der Waals surface area contributed by atoms with E-state index in [9.17, 15) is 34.7 Å². The third kappa shape index (κ3) is 15.2. The van der Waals surface area contributed by atoms with Crippen molar-refractivity contribution < 1.29 is 72.6 Å². The molecule has 0 amide bonds. The lowest BCUT2D eigenvalue weighted by molar-refractivity contribution is -0.318. The molecular formula is C54H93FN6O14. The number of aliphatic hydroxyl groups is 5. The zero-order chi connectivity index (χ0) is 55.7. The summed E-state index contributed by atoms with van der Waals surface area (Å²) in [6.07, 6.45) is -8.00. The van der Waals surface area contributed by atoms with E-state index in [1.807, 2.05) is 69.1 Å². The SMILES string of the molecule is CC[C@H]1OC(=O)[C@H](C)[C@@H](O[C@H]2C[C@@](C)(OC)[C@@H](O)[C@H](C)O2)[C@H](C)[C@@H](O[C@@H]2O[C@H](C)C[C@H](N(C)CCc3cn([C@H](CF)[C@H](OC)c4ccc(OCCNC)cc4)nn3)[C@H]2O)[C@](C)(O)C[C@@H](C)CN(C)[C@H](C)[C@@H](O)[C@]1(C)O. The second kappa shape index (κ2) is 27.2. The van der Waals surface area contributed by atoms with Gasteiger partial charge in [-0.15, -0.1) is 5.10 Å². The van der Waals surface area contributed by atoms with Gasteiger partial charge in [0.1, 0.15) is 61.2 Å². The fraction of sp³-hybridized carbons (Fsp3) is 0.833. The number of aliphatic hydroxyl groups excluding tert-OH is 3. The quantitative estimate of drug-likeness (QED) is 0.0870. The average molecular weight is 1070 g/mol. The molecule has 1 aromatic heterocycles. The number of cyclic esters (lactones) is 1. The highest BCUT2D eigenvalue weighted by atomic mass is 19.1. The number of ether oxygens (including phenoxy) is 8. The van der Waals surface area contributed by atoms with Gasteiger partial charge in [-0.3, -0.25) is 4.79 Å². The van der Waals surface area contributed by atoms with Gasteiger partial charge in [-0.2, -0.15) is 0 Å². The predicted molar refractivity (Wildman–Crippen MR) is 277 cm³/mol. The van der Waals surface area contributed by atoms with E-state index in [1.165, 1.54) is 25.8 Å². The number of nitrogens with zero attached hydrogens (tertiary/aromatic N) is 5. The summed E-state index contributed by atoms with van der Waals surface area (Å²) in [5.74, 6) is -2.19. The summed E-state index contributed by atoms with van der Waals surface area (Å²) < 4.78 is 66.2. The van der Waals surface area contributed by atoms with Gasteiger partial charge in [0, 0.05) is 70.9 Å². The van der Waals surface area contributed by atoms with E-state index in [0.717, 1.165) is 5.56 Å². The maximum Gasteiger partial charge on any atom is 0.311 e. The molecule has 3 aliphatic rings. The van der Waals surface area contributed by atoms with E-state index in [-0.39, 0.29) is 25.2 Å². The summed E-state index contributed by atoms with van der Waals surface area (Å²) in [7, 11) is 8.59. The van der Waals surface area contributed by atoms with Crippen molar-refractivity contribution in [3.63, 3.8) is 0 Å². The Morgan fingerprint density at radius 3 is 2.28 bits per heavy atom. The first-order valence-corrected chi connectivity index (χ1v) is 26.9. The van der Waals surface area contributed by atoms with Crippen molar-refractivity contribution >= 4 is 5.97 Å². The molecule has 0 radical (unpaired) electrons. The topological polar surface area (TPSA) is 241 Å². The number of carbonyl (C=O) groups is 1.